The van der Waals surface area contributed by atoms with Crippen LogP contribution in [0.1, 0.15) is 32.1 Å². The molecule has 0 unspecified atom stereocenters. The lowest BCUT2D eigenvalue weighted by molar-refractivity contribution is -0.0277. The van der Waals surface area contributed by atoms with E-state index in [0.717, 1.165) is 10.1 Å². The van der Waals surface area contributed by atoms with Crippen LogP contribution in [0, 0.1) is 6.92 Å². The monoisotopic (exact) mass is 335 g/mol. The van der Waals surface area contributed by atoms with E-state index < -0.39 is 24.1 Å². The minimum atomic E-state index is -0.692. The molecule has 1 fully saturated rings. The minimum absolute atomic E-state index is 0.178. The Bertz CT molecular complexity index is 799. The van der Waals surface area contributed by atoms with Crippen LogP contribution in [0.15, 0.2) is 32.5 Å². The van der Waals surface area contributed by atoms with Crippen molar-refractivity contribution in [2.24, 2.45) is 5.11 Å². The predicted octanol–water partition coefficient (Wildman–Crippen LogP) is 1.24. The lowest BCUT2D eigenvalue weighted by Gasteiger charge is -2.17. The third-order valence-electron chi connectivity index (χ3n) is 3.94. The molecule has 1 aromatic rings. The summed E-state index contributed by atoms with van der Waals surface area (Å²) in [5.41, 5.74) is 9.16. The van der Waals surface area contributed by atoms with Crippen LogP contribution in [0.25, 0.3) is 10.4 Å². The molecule has 1 aliphatic rings. The molecule has 0 aromatic carbocycles. The molecule has 9 nitrogen and oxygen atoms in total. The molecule has 0 amide bonds. The van der Waals surface area contributed by atoms with Gasteiger partial charge in [0.25, 0.3) is 5.56 Å². The molecule has 130 valence electrons. The second kappa shape index (κ2) is 7.48. The third kappa shape index (κ3) is 3.59. The first kappa shape index (κ1) is 18.0. The van der Waals surface area contributed by atoms with Gasteiger partial charge in [-0.15, -0.1) is 0 Å². The number of allylic oxidation sites excluding steroid dienone is 2. The molecule has 0 aliphatic carbocycles. The predicted molar refractivity (Wildman–Crippen MR) is 87.7 cm³/mol. The van der Waals surface area contributed by atoms with Crippen LogP contribution < -0.4 is 11.2 Å². The highest BCUT2D eigenvalue weighted by Crippen LogP contribution is 2.29. The van der Waals surface area contributed by atoms with Gasteiger partial charge in [0.1, 0.15) is 6.23 Å². The van der Waals surface area contributed by atoms with Gasteiger partial charge in [0.05, 0.1) is 18.8 Å². The number of aryl methyl sites for hydroxylation is 1. The highest BCUT2D eigenvalue weighted by molar-refractivity contribution is 5.06. The summed E-state index contributed by atoms with van der Waals surface area (Å²) < 4.78 is 8.10. The van der Waals surface area contributed by atoms with Gasteiger partial charge in [-0.25, -0.2) is 4.79 Å². The summed E-state index contributed by atoms with van der Waals surface area (Å²) >= 11 is 0. The Balaban J connectivity index is 2.45. The number of ether oxygens (including phenoxy) is 1. The molecular formula is C15H21N5O4. The molecule has 0 bridgehead atoms. The van der Waals surface area contributed by atoms with Gasteiger partial charge in [0.2, 0.25) is 0 Å². The van der Waals surface area contributed by atoms with Crippen LogP contribution in [-0.4, -0.2) is 33.0 Å². The van der Waals surface area contributed by atoms with Crippen LogP contribution >= 0.6 is 0 Å². The lowest BCUT2D eigenvalue weighted by atomic mass is 10.1. The molecule has 0 radical (unpaired) electrons. The summed E-state index contributed by atoms with van der Waals surface area (Å²) in [6.45, 7) is 5.26. The van der Waals surface area contributed by atoms with Crippen LogP contribution in [-0.2, 0) is 11.3 Å². The lowest BCUT2D eigenvalue weighted by Crippen LogP contribution is -2.42. The number of aromatic nitrogens is 2. The zero-order valence-electron chi connectivity index (χ0n) is 13.9. The molecule has 1 aromatic heterocycles. The first-order valence-corrected chi connectivity index (χ1v) is 7.65. The van der Waals surface area contributed by atoms with Crippen molar-refractivity contribution in [3.05, 3.63) is 54.7 Å². The Labute approximate surface area is 138 Å². The Morgan fingerprint density at radius 2 is 2.25 bits per heavy atom. The number of hydrogen-bond acceptors (Lipinski definition) is 5. The maximum Gasteiger partial charge on any atom is 0.333 e. The maximum absolute atomic E-state index is 12.7. The summed E-state index contributed by atoms with van der Waals surface area (Å²) in [5.74, 6) is 0. The average molecular weight is 335 g/mol. The Morgan fingerprint density at radius 3 is 2.83 bits per heavy atom. The fraction of sp³-hybridized carbons (Fsp3) is 0.600. The molecule has 3 atom stereocenters. The van der Waals surface area contributed by atoms with E-state index in [1.54, 1.807) is 13.0 Å². The van der Waals surface area contributed by atoms with Gasteiger partial charge in [0.15, 0.2) is 0 Å². The van der Waals surface area contributed by atoms with Crippen molar-refractivity contribution in [1.82, 2.24) is 9.13 Å². The first-order valence-electron chi connectivity index (χ1n) is 7.65. The van der Waals surface area contributed by atoms with Gasteiger partial charge in [-0.05, 0) is 26.3 Å². The van der Waals surface area contributed by atoms with Gasteiger partial charge in [-0.3, -0.25) is 13.9 Å². The smallest absolute Gasteiger partial charge is 0.333 e. The average Bonchev–Trinajstić information content (AvgIpc) is 2.93. The van der Waals surface area contributed by atoms with E-state index in [2.05, 4.69) is 10.0 Å². The topological polar surface area (TPSA) is 122 Å². The van der Waals surface area contributed by atoms with E-state index in [1.807, 2.05) is 13.8 Å². The number of aliphatic hydroxyl groups is 1. The van der Waals surface area contributed by atoms with Crippen molar-refractivity contribution in [1.29, 1.82) is 0 Å². The van der Waals surface area contributed by atoms with E-state index >= 15 is 0 Å². The van der Waals surface area contributed by atoms with Gasteiger partial charge >= 0.3 is 5.69 Å². The van der Waals surface area contributed by atoms with Crippen molar-refractivity contribution >= 4 is 0 Å². The normalized spacial score (nSPS) is 22.9. The molecule has 1 N–H and O–H groups in total. The fourth-order valence-electron chi connectivity index (χ4n) is 2.64. The second-order valence-corrected chi connectivity index (χ2v) is 6.02. The van der Waals surface area contributed by atoms with E-state index in [0.29, 0.717) is 5.56 Å². The molecule has 1 saturated heterocycles. The highest BCUT2D eigenvalue weighted by atomic mass is 16.5. The van der Waals surface area contributed by atoms with E-state index in [-0.39, 0.29) is 25.1 Å². The van der Waals surface area contributed by atoms with Crippen molar-refractivity contribution in [3.8, 4) is 0 Å². The van der Waals surface area contributed by atoms with Crippen LogP contribution in [0.4, 0.5) is 0 Å². The number of rotatable bonds is 5. The van der Waals surface area contributed by atoms with Gasteiger partial charge in [0, 0.05) is 29.6 Å². The van der Waals surface area contributed by atoms with Crippen LogP contribution in [0.5, 0.6) is 0 Å². The first-order chi connectivity index (χ1) is 11.4. The number of hydrogen-bond donors (Lipinski definition) is 1. The molecule has 0 saturated carbocycles. The number of azide groups is 1. The molecular weight excluding hydrogens is 314 g/mol. The van der Waals surface area contributed by atoms with E-state index in [9.17, 15) is 14.7 Å². The molecule has 2 heterocycles. The fourth-order valence-corrected chi connectivity index (χ4v) is 2.64. The molecule has 24 heavy (non-hydrogen) atoms. The summed E-state index contributed by atoms with van der Waals surface area (Å²) in [6.07, 6.45) is 2.14. The highest BCUT2D eigenvalue weighted by Gasteiger charge is 2.36. The zero-order valence-corrected chi connectivity index (χ0v) is 13.9. The maximum atomic E-state index is 12.7. The largest absolute Gasteiger partial charge is 0.394 e. The van der Waals surface area contributed by atoms with Crippen LogP contribution in [0.2, 0.25) is 0 Å². The number of nitrogens with zero attached hydrogens (tertiary/aromatic N) is 5. The van der Waals surface area contributed by atoms with E-state index in [1.165, 1.54) is 10.8 Å². The second-order valence-electron chi connectivity index (χ2n) is 6.02. The van der Waals surface area contributed by atoms with Gasteiger partial charge < -0.3 is 9.84 Å². The Kier molecular flexibility index (Phi) is 5.61. The van der Waals surface area contributed by atoms with Crippen molar-refractivity contribution in [3.63, 3.8) is 0 Å². The molecule has 2 rings (SSSR count). The minimum Gasteiger partial charge on any atom is -0.394 e. The summed E-state index contributed by atoms with van der Waals surface area (Å²) in [5, 5.41) is 12.9. The Morgan fingerprint density at radius 1 is 1.54 bits per heavy atom. The molecule has 1 aliphatic heterocycles. The number of aliphatic hydroxyl groups excluding tert-OH is 1. The SMILES string of the molecule is CC(C)=CCn1c(=O)c(C)cn([C@H]2C[C@H](N=[N+]=[N-])[C@@H](CO)O2)c1=O. The van der Waals surface area contributed by atoms with Gasteiger partial charge in [-0.1, -0.05) is 16.8 Å². The van der Waals surface area contributed by atoms with Gasteiger partial charge in [-0.2, -0.15) is 0 Å². The zero-order chi connectivity index (χ0) is 17.9. The van der Waals surface area contributed by atoms with E-state index in [4.69, 9.17) is 10.3 Å². The molecule has 0 spiro atoms. The van der Waals surface area contributed by atoms with Crippen LogP contribution in [0.3, 0.4) is 0 Å². The van der Waals surface area contributed by atoms with Crippen molar-refractivity contribution in [2.45, 2.75) is 52.1 Å². The standard InChI is InChI=1S/C15H21N5O4/c1-9(2)4-5-19-14(22)10(3)7-20(15(19)23)13-6-11(17-18-16)12(8-21)24-13/h4,7,11-13,21H,5-6,8H2,1-3H3/t11-,12+,13+/m0/s1. The van der Waals surface area contributed by atoms with Crippen molar-refractivity contribution < 1.29 is 9.84 Å². The quantitative estimate of drug-likeness (QED) is 0.376. The summed E-state index contributed by atoms with van der Waals surface area (Å²) in [6, 6.07) is -0.560. The summed E-state index contributed by atoms with van der Waals surface area (Å²) in [4.78, 5) is 27.6. The Hall–Kier alpha value is -2.35. The molecule has 9 heteroatoms. The summed E-state index contributed by atoms with van der Waals surface area (Å²) in [7, 11) is 0. The third-order valence-corrected chi connectivity index (χ3v) is 3.94. The van der Waals surface area contributed by atoms with Crippen molar-refractivity contribution in [2.75, 3.05) is 6.61 Å².